The number of rotatable bonds is 3. The number of aryl methyl sites for hydroxylation is 1. The number of benzene rings is 1. The molecular formula is C12H11N3OS. The second kappa shape index (κ2) is 4.18. The molecule has 17 heavy (non-hydrogen) atoms. The number of nitrogens with one attached hydrogen (secondary N) is 1. The summed E-state index contributed by atoms with van der Waals surface area (Å²) < 4.78 is 5.98. The van der Waals surface area contributed by atoms with E-state index in [2.05, 4.69) is 40.6 Å². The van der Waals surface area contributed by atoms with Crippen molar-refractivity contribution in [2.24, 2.45) is 0 Å². The molecule has 0 amide bonds. The number of para-hydroxylation sites is 1. The normalized spacial score (nSPS) is 10.9. The van der Waals surface area contributed by atoms with Crippen LogP contribution in [0.3, 0.4) is 0 Å². The van der Waals surface area contributed by atoms with Crippen LogP contribution in [0.1, 0.15) is 11.3 Å². The van der Waals surface area contributed by atoms with E-state index < -0.39 is 0 Å². The summed E-state index contributed by atoms with van der Waals surface area (Å²) in [6.07, 6.45) is 1.57. The summed E-state index contributed by atoms with van der Waals surface area (Å²) in [6.45, 7) is 2.71. The van der Waals surface area contributed by atoms with Crippen molar-refractivity contribution in [3.05, 3.63) is 41.8 Å². The Labute approximate surface area is 102 Å². The summed E-state index contributed by atoms with van der Waals surface area (Å²) >= 11 is 1.65. The Hall–Kier alpha value is -1.88. The molecule has 0 fully saturated rings. The maximum absolute atomic E-state index is 4.77. The highest BCUT2D eigenvalue weighted by molar-refractivity contribution is 7.22. The number of hydrogen-bond acceptors (Lipinski definition) is 5. The van der Waals surface area contributed by atoms with E-state index in [1.54, 1.807) is 17.6 Å². The molecule has 1 aromatic carbocycles. The number of thiazole rings is 1. The molecular weight excluding hydrogens is 234 g/mol. The van der Waals surface area contributed by atoms with Gasteiger partial charge in [-0.05, 0) is 18.6 Å². The minimum absolute atomic E-state index is 0.634. The molecule has 0 aliphatic rings. The van der Waals surface area contributed by atoms with Crippen molar-refractivity contribution in [3.8, 4) is 0 Å². The van der Waals surface area contributed by atoms with Crippen molar-refractivity contribution >= 4 is 26.7 Å². The molecule has 0 saturated carbocycles. The van der Waals surface area contributed by atoms with Crippen LogP contribution >= 0.6 is 11.3 Å². The molecule has 0 spiro atoms. The van der Waals surface area contributed by atoms with Crippen LogP contribution in [0.15, 0.2) is 35.1 Å². The molecule has 4 nitrogen and oxygen atoms in total. The Morgan fingerprint density at radius 3 is 3.06 bits per heavy atom. The fourth-order valence-corrected chi connectivity index (χ4v) is 2.60. The molecule has 0 saturated heterocycles. The van der Waals surface area contributed by atoms with Gasteiger partial charge in [0.25, 0.3) is 0 Å². The lowest BCUT2D eigenvalue weighted by atomic mass is 10.2. The topological polar surface area (TPSA) is 51.0 Å². The van der Waals surface area contributed by atoms with Gasteiger partial charge in [0.2, 0.25) is 0 Å². The standard InChI is InChI=1S/C12H11N3OS/c1-8-3-2-4-10-11(8)14-12(17-10)13-7-9-5-6-16-15-9/h2-6H,7H2,1H3,(H,13,14). The van der Waals surface area contributed by atoms with Crippen molar-refractivity contribution in [3.63, 3.8) is 0 Å². The summed E-state index contributed by atoms with van der Waals surface area (Å²) in [7, 11) is 0. The summed E-state index contributed by atoms with van der Waals surface area (Å²) in [5.74, 6) is 0. The van der Waals surface area contributed by atoms with Crippen LogP contribution in [0.2, 0.25) is 0 Å². The lowest BCUT2D eigenvalue weighted by molar-refractivity contribution is 0.412. The first-order valence-electron chi connectivity index (χ1n) is 5.32. The molecule has 0 radical (unpaired) electrons. The largest absolute Gasteiger partial charge is 0.364 e. The summed E-state index contributed by atoms with van der Waals surface area (Å²) in [5.41, 5.74) is 3.15. The van der Waals surface area contributed by atoms with Crippen molar-refractivity contribution in [1.82, 2.24) is 10.1 Å². The van der Waals surface area contributed by atoms with Gasteiger partial charge in [-0.15, -0.1) is 0 Å². The van der Waals surface area contributed by atoms with Gasteiger partial charge < -0.3 is 9.84 Å². The molecule has 3 rings (SSSR count). The van der Waals surface area contributed by atoms with E-state index in [1.807, 2.05) is 6.07 Å². The third-order valence-corrected chi connectivity index (χ3v) is 3.51. The molecule has 1 N–H and O–H groups in total. The van der Waals surface area contributed by atoms with Gasteiger partial charge in [0, 0.05) is 6.07 Å². The van der Waals surface area contributed by atoms with E-state index in [0.29, 0.717) is 6.54 Å². The third kappa shape index (κ3) is 2.01. The van der Waals surface area contributed by atoms with E-state index in [-0.39, 0.29) is 0 Å². The molecule has 0 aliphatic heterocycles. The van der Waals surface area contributed by atoms with Crippen LogP contribution in [-0.2, 0) is 6.54 Å². The predicted octanol–water partition coefficient (Wildman–Crippen LogP) is 3.20. The summed E-state index contributed by atoms with van der Waals surface area (Å²) in [4.78, 5) is 4.56. The molecule has 0 aliphatic carbocycles. The molecule has 2 heterocycles. The zero-order chi connectivity index (χ0) is 11.7. The average molecular weight is 245 g/mol. The Balaban J connectivity index is 1.84. The van der Waals surface area contributed by atoms with Gasteiger partial charge >= 0.3 is 0 Å². The molecule has 0 atom stereocenters. The first kappa shape index (κ1) is 10.3. The van der Waals surface area contributed by atoms with E-state index >= 15 is 0 Å². The molecule has 0 unspecified atom stereocenters. The number of fused-ring (bicyclic) bond motifs is 1. The number of anilines is 1. The summed E-state index contributed by atoms with van der Waals surface area (Å²) in [6, 6.07) is 8.05. The van der Waals surface area contributed by atoms with Gasteiger partial charge in [0.05, 0.1) is 16.8 Å². The SMILES string of the molecule is Cc1cccc2sc(NCc3ccon3)nc12. The quantitative estimate of drug-likeness (QED) is 0.769. The molecule has 3 aromatic rings. The molecule has 86 valence electrons. The lowest BCUT2D eigenvalue weighted by Crippen LogP contribution is -1.98. The summed E-state index contributed by atoms with van der Waals surface area (Å²) in [5, 5.41) is 8.00. The van der Waals surface area contributed by atoms with Gasteiger partial charge in [0.1, 0.15) is 12.0 Å². The van der Waals surface area contributed by atoms with E-state index in [0.717, 1.165) is 16.3 Å². The van der Waals surface area contributed by atoms with Gasteiger partial charge in [-0.25, -0.2) is 4.98 Å². The predicted molar refractivity (Wildman–Crippen MR) is 68.2 cm³/mol. The third-order valence-electron chi connectivity index (χ3n) is 2.53. The second-order valence-corrected chi connectivity index (χ2v) is 4.82. The molecule has 2 aromatic heterocycles. The average Bonchev–Trinajstić information content (AvgIpc) is 2.95. The van der Waals surface area contributed by atoms with Gasteiger partial charge in [0.15, 0.2) is 5.13 Å². The van der Waals surface area contributed by atoms with Crippen molar-refractivity contribution in [2.45, 2.75) is 13.5 Å². The Morgan fingerprint density at radius 1 is 1.35 bits per heavy atom. The zero-order valence-electron chi connectivity index (χ0n) is 9.30. The minimum Gasteiger partial charge on any atom is -0.364 e. The highest BCUT2D eigenvalue weighted by atomic mass is 32.1. The Morgan fingerprint density at radius 2 is 2.29 bits per heavy atom. The first-order chi connectivity index (χ1) is 8.33. The maximum Gasteiger partial charge on any atom is 0.184 e. The van der Waals surface area contributed by atoms with Gasteiger partial charge in [-0.2, -0.15) is 0 Å². The van der Waals surface area contributed by atoms with E-state index in [9.17, 15) is 0 Å². The second-order valence-electron chi connectivity index (χ2n) is 3.79. The van der Waals surface area contributed by atoms with E-state index in [1.165, 1.54) is 10.3 Å². The van der Waals surface area contributed by atoms with Crippen LogP contribution in [0.5, 0.6) is 0 Å². The zero-order valence-corrected chi connectivity index (χ0v) is 10.1. The number of nitrogens with zero attached hydrogens (tertiary/aromatic N) is 2. The number of aromatic nitrogens is 2. The highest BCUT2D eigenvalue weighted by Crippen LogP contribution is 2.27. The highest BCUT2D eigenvalue weighted by Gasteiger charge is 2.05. The lowest BCUT2D eigenvalue weighted by Gasteiger charge is -1.96. The van der Waals surface area contributed by atoms with Gasteiger partial charge in [-0.3, -0.25) is 0 Å². The monoisotopic (exact) mass is 245 g/mol. The Bertz CT molecular complexity index is 630. The van der Waals surface area contributed by atoms with Crippen molar-refractivity contribution in [1.29, 1.82) is 0 Å². The van der Waals surface area contributed by atoms with Gasteiger partial charge in [-0.1, -0.05) is 28.6 Å². The van der Waals surface area contributed by atoms with Crippen molar-refractivity contribution in [2.75, 3.05) is 5.32 Å². The van der Waals surface area contributed by atoms with Crippen LogP contribution in [0.25, 0.3) is 10.2 Å². The van der Waals surface area contributed by atoms with E-state index in [4.69, 9.17) is 4.52 Å². The molecule has 0 bridgehead atoms. The van der Waals surface area contributed by atoms with Crippen LogP contribution < -0.4 is 5.32 Å². The van der Waals surface area contributed by atoms with Crippen LogP contribution in [0.4, 0.5) is 5.13 Å². The fraction of sp³-hybridized carbons (Fsp3) is 0.167. The van der Waals surface area contributed by atoms with Crippen LogP contribution in [-0.4, -0.2) is 10.1 Å². The fourth-order valence-electron chi connectivity index (χ4n) is 1.66. The first-order valence-corrected chi connectivity index (χ1v) is 6.14. The minimum atomic E-state index is 0.634. The smallest absolute Gasteiger partial charge is 0.184 e. The number of hydrogen-bond donors (Lipinski definition) is 1. The van der Waals surface area contributed by atoms with Crippen LogP contribution in [0, 0.1) is 6.92 Å². The Kier molecular flexibility index (Phi) is 2.53. The maximum atomic E-state index is 4.77. The van der Waals surface area contributed by atoms with Crippen molar-refractivity contribution < 1.29 is 4.52 Å². The molecule has 5 heteroatoms.